The lowest BCUT2D eigenvalue weighted by molar-refractivity contribution is -0.140. The third-order valence-corrected chi connectivity index (χ3v) is 5.92. The minimum absolute atomic E-state index is 0.0160. The van der Waals surface area contributed by atoms with E-state index in [1.807, 2.05) is 0 Å². The Hall–Kier alpha value is -3.03. The third kappa shape index (κ3) is 5.06. The number of methoxy groups -OCH3 is 1. The number of nitrogens with zero attached hydrogens (tertiary/aromatic N) is 1. The summed E-state index contributed by atoms with van der Waals surface area (Å²) in [7, 11) is 1.34. The topological polar surface area (TPSA) is 64.2 Å². The lowest BCUT2D eigenvalue weighted by Gasteiger charge is -2.19. The first-order valence-electron chi connectivity index (χ1n) is 10.7. The van der Waals surface area contributed by atoms with Crippen LogP contribution in [0.3, 0.4) is 0 Å². The molecule has 0 atom stereocenters. The maximum Gasteiger partial charge on any atom is 0.416 e. The first kappa shape index (κ1) is 22.2. The molecule has 8 heteroatoms. The second-order valence-electron chi connectivity index (χ2n) is 8.13. The van der Waals surface area contributed by atoms with E-state index in [2.05, 4.69) is 14.7 Å². The van der Waals surface area contributed by atoms with Crippen molar-refractivity contribution in [2.45, 2.75) is 57.2 Å². The second kappa shape index (κ2) is 9.22. The zero-order valence-electron chi connectivity index (χ0n) is 17.8. The summed E-state index contributed by atoms with van der Waals surface area (Å²) in [5.74, 6) is 0.846. The lowest BCUT2D eigenvalue weighted by atomic mass is 9.91. The van der Waals surface area contributed by atoms with Crippen molar-refractivity contribution in [3.8, 4) is 5.75 Å². The highest BCUT2D eigenvalue weighted by atomic mass is 19.4. The van der Waals surface area contributed by atoms with Gasteiger partial charge in [0.15, 0.2) is 0 Å². The summed E-state index contributed by atoms with van der Waals surface area (Å²) >= 11 is 0. The number of carbonyl (C=O) groups is 1. The van der Waals surface area contributed by atoms with Crippen LogP contribution in [-0.4, -0.2) is 23.0 Å². The maximum absolute atomic E-state index is 13.7. The Morgan fingerprint density at radius 3 is 2.66 bits per heavy atom. The van der Waals surface area contributed by atoms with E-state index in [-0.39, 0.29) is 24.9 Å². The summed E-state index contributed by atoms with van der Waals surface area (Å²) < 4.78 is 51.4. The Kier molecular flexibility index (Phi) is 6.39. The number of fused-ring (bicyclic) bond motifs is 1. The summed E-state index contributed by atoms with van der Waals surface area (Å²) in [4.78, 5) is 18.9. The minimum Gasteiger partial charge on any atom is -0.489 e. The van der Waals surface area contributed by atoms with Gasteiger partial charge in [0.25, 0.3) is 0 Å². The van der Waals surface area contributed by atoms with Crippen LogP contribution in [-0.2, 0) is 28.7 Å². The molecule has 4 rings (SSSR count). The number of imidazole rings is 1. The predicted molar refractivity (Wildman–Crippen MR) is 113 cm³/mol. The fraction of sp³-hybridized carbons (Fsp3) is 0.417. The van der Waals surface area contributed by atoms with Gasteiger partial charge in [0, 0.05) is 12.5 Å². The summed E-state index contributed by atoms with van der Waals surface area (Å²) in [6, 6.07) is 9.80. The van der Waals surface area contributed by atoms with Gasteiger partial charge in [0.05, 0.1) is 30.1 Å². The standard InChI is InChI=1S/C24H25F3N2O3/c1-31-23(30)11-10-22-28-20-9-7-17(13-21(20)29-22)32-14-15-6-8-18(16-4-2-3-5-16)19(12-15)24(25,26)27/h6-9,12-13,16H,2-5,10-11,14H2,1H3,(H,28,29). The Morgan fingerprint density at radius 1 is 1.16 bits per heavy atom. The van der Waals surface area contributed by atoms with Crippen LogP contribution >= 0.6 is 0 Å². The Bertz CT molecular complexity index is 1100. The van der Waals surface area contributed by atoms with Crippen LogP contribution in [0.25, 0.3) is 11.0 Å². The number of rotatable bonds is 7. The molecule has 1 saturated carbocycles. The van der Waals surface area contributed by atoms with Gasteiger partial charge in [0.2, 0.25) is 0 Å². The van der Waals surface area contributed by atoms with Crippen molar-refractivity contribution in [3.63, 3.8) is 0 Å². The van der Waals surface area contributed by atoms with E-state index >= 15 is 0 Å². The zero-order chi connectivity index (χ0) is 22.7. The number of aromatic nitrogens is 2. The third-order valence-electron chi connectivity index (χ3n) is 5.92. The summed E-state index contributed by atoms with van der Waals surface area (Å²) in [6.45, 7) is 0.0306. The van der Waals surface area contributed by atoms with Crippen molar-refractivity contribution in [2.24, 2.45) is 0 Å². The van der Waals surface area contributed by atoms with Gasteiger partial charge in [-0.2, -0.15) is 13.2 Å². The average Bonchev–Trinajstić information content (AvgIpc) is 3.44. The van der Waals surface area contributed by atoms with Crippen molar-refractivity contribution in [3.05, 3.63) is 58.9 Å². The molecule has 170 valence electrons. The number of hydrogen-bond donors (Lipinski definition) is 1. The van der Waals surface area contributed by atoms with E-state index in [9.17, 15) is 18.0 Å². The summed E-state index contributed by atoms with van der Waals surface area (Å²) in [5, 5.41) is 0. The molecule has 1 aliphatic rings. The van der Waals surface area contributed by atoms with Crippen LogP contribution in [0.2, 0.25) is 0 Å². The van der Waals surface area contributed by atoms with Gasteiger partial charge < -0.3 is 14.5 Å². The second-order valence-corrected chi connectivity index (χ2v) is 8.13. The molecule has 0 amide bonds. The van der Waals surface area contributed by atoms with E-state index in [1.54, 1.807) is 30.3 Å². The predicted octanol–water partition coefficient (Wildman–Crippen LogP) is 5.92. The SMILES string of the molecule is COC(=O)CCc1nc2ccc(OCc3ccc(C4CCCC4)c(C(F)(F)F)c3)cc2[nH]1. The Balaban J connectivity index is 1.47. The van der Waals surface area contributed by atoms with Crippen LogP contribution in [0.15, 0.2) is 36.4 Å². The number of carbonyl (C=O) groups excluding carboxylic acids is 1. The molecule has 0 spiro atoms. The van der Waals surface area contributed by atoms with Gasteiger partial charge in [-0.1, -0.05) is 25.0 Å². The minimum atomic E-state index is -4.39. The smallest absolute Gasteiger partial charge is 0.416 e. The average molecular weight is 446 g/mol. The molecule has 5 nitrogen and oxygen atoms in total. The largest absolute Gasteiger partial charge is 0.489 e. The fourth-order valence-electron chi connectivity index (χ4n) is 4.27. The fourth-order valence-corrected chi connectivity index (χ4v) is 4.27. The highest BCUT2D eigenvalue weighted by molar-refractivity contribution is 5.77. The van der Waals surface area contributed by atoms with E-state index in [4.69, 9.17) is 4.74 Å². The van der Waals surface area contributed by atoms with Crippen molar-refractivity contribution < 1.29 is 27.4 Å². The monoisotopic (exact) mass is 446 g/mol. The molecule has 0 bridgehead atoms. The number of aryl methyl sites for hydroxylation is 1. The molecule has 0 saturated heterocycles. The number of nitrogens with one attached hydrogen (secondary N) is 1. The van der Waals surface area contributed by atoms with Gasteiger partial charge in [-0.25, -0.2) is 4.98 Å². The van der Waals surface area contributed by atoms with E-state index in [1.165, 1.54) is 13.2 Å². The molecule has 1 heterocycles. The van der Waals surface area contributed by atoms with Crippen LogP contribution in [0.1, 0.15) is 60.5 Å². The molecule has 1 aromatic heterocycles. The number of hydrogen-bond acceptors (Lipinski definition) is 4. The number of ether oxygens (including phenoxy) is 2. The van der Waals surface area contributed by atoms with E-state index < -0.39 is 11.7 Å². The molecule has 0 unspecified atom stereocenters. The van der Waals surface area contributed by atoms with Gasteiger partial charge in [0.1, 0.15) is 18.2 Å². The maximum atomic E-state index is 13.7. The summed E-state index contributed by atoms with van der Waals surface area (Å²) in [6.07, 6.45) is -0.164. The molecule has 0 radical (unpaired) electrons. The molecule has 0 aliphatic heterocycles. The molecule has 1 N–H and O–H groups in total. The number of halogens is 3. The van der Waals surface area contributed by atoms with Crippen LogP contribution in [0.4, 0.5) is 13.2 Å². The molecule has 1 aliphatic carbocycles. The van der Waals surface area contributed by atoms with Crippen molar-refractivity contribution in [2.75, 3.05) is 7.11 Å². The number of H-pyrrole nitrogens is 1. The number of alkyl halides is 3. The van der Waals surface area contributed by atoms with Crippen LogP contribution < -0.4 is 4.74 Å². The number of esters is 1. The van der Waals surface area contributed by atoms with Gasteiger partial charge in [-0.05, 0) is 48.1 Å². The van der Waals surface area contributed by atoms with Crippen molar-refractivity contribution in [1.29, 1.82) is 0 Å². The normalized spacial score (nSPS) is 14.8. The van der Waals surface area contributed by atoms with Crippen LogP contribution in [0.5, 0.6) is 5.75 Å². The van der Waals surface area contributed by atoms with E-state index in [0.29, 0.717) is 29.1 Å². The quantitative estimate of drug-likeness (QED) is 0.458. The Morgan fingerprint density at radius 2 is 1.94 bits per heavy atom. The zero-order valence-corrected chi connectivity index (χ0v) is 17.8. The molecule has 3 aromatic rings. The van der Waals surface area contributed by atoms with Gasteiger partial charge >= 0.3 is 12.1 Å². The first-order valence-corrected chi connectivity index (χ1v) is 10.7. The van der Waals surface area contributed by atoms with Crippen molar-refractivity contribution >= 4 is 17.0 Å². The lowest BCUT2D eigenvalue weighted by Crippen LogP contribution is -2.12. The summed E-state index contributed by atoms with van der Waals surface area (Å²) in [5.41, 5.74) is 1.77. The molecular formula is C24H25F3N2O3. The van der Waals surface area contributed by atoms with Crippen molar-refractivity contribution in [1.82, 2.24) is 9.97 Å². The van der Waals surface area contributed by atoms with Gasteiger partial charge in [-0.3, -0.25) is 4.79 Å². The molecule has 1 fully saturated rings. The molecule has 2 aromatic carbocycles. The van der Waals surface area contributed by atoms with Crippen LogP contribution in [0, 0.1) is 0 Å². The van der Waals surface area contributed by atoms with Gasteiger partial charge in [-0.15, -0.1) is 0 Å². The highest BCUT2D eigenvalue weighted by Crippen LogP contribution is 2.42. The number of benzene rings is 2. The molecule has 32 heavy (non-hydrogen) atoms. The van der Waals surface area contributed by atoms with E-state index in [0.717, 1.165) is 36.7 Å². The highest BCUT2D eigenvalue weighted by Gasteiger charge is 2.36. The number of aromatic amines is 1. The Labute approximate surface area is 183 Å². The molecular weight excluding hydrogens is 421 g/mol. The first-order chi connectivity index (χ1) is 15.3.